The van der Waals surface area contributed by atoms with Crippen LogP contribution in [0.4, 0.5) is 0 Å². The summed E-state index contributed by atoms with van der Waals surface area (Å²) in [6.45, 7) is 4.62. The van der Waals surface area contributed by atoms with Gasteiger partial charge in [-0.2, -0.15) is 5.10 Å². The standard InChI is InChI=1S/C13H20ClN3O2/c1-9-13(14)11(16-15-9)8-17-6-2-3-10(7-17)4-5-12(18)19/h10H,2-8H2,1H3,(H,15,16)(H,18,19)/t10-/m1/s1. The molecular formula is C13H20ClN3O2. The second-order valence-electron chi connectivity index (χ2n) is 5.29. The van der Waals surface area contributed by atoms with E-state index in [4.69, 9.17) is 16.7 Å². The van der Waals surface area contributed by atoms with Gasteiger partial charge >= 0.3 is 5.97 Å². The van der Waals surface area contributed by atoms with E-state index in [1.54, 1.807) is 0 Å². The van der Waals surface area contributed by atoms with Crippen LogP contribution in [-0.4, -0.2) is 39.3 Å². The highest BCUT2D eigenvalue weighted by Crippen LogP contribution is 2.24. The van der Waals surface area contributed by atoms with Crippen LogP contribution in [0.1, 0.15) is 37.1 Å². The number of aromatic amines is 1. The first kappa shape index (κ1) is 14.3. The number of aryl methyl sites for hydroxylation is 1. The average molecular weight is 286 g/mol. The molecule has 1 fully saturated rings. The van der Waals surface area contributed by atoms with E-state index in [1.165, 1.54) is 0 Å². The molecule has 0 unspecified atom stereocenters. The van der Waals surface area contributed by atoms with Gasteiger partial charge < -0.3 is 5.11 Å². The first-order valence-electron chi connectivity index (χ1n) is 6.69. The zero-order chi connectivity index (χ0) is 13.8. The summed E-state index contributed by atoms with van der Waals surface area (Å²) in [5.41, 5.74) is 1.79. The SMILES string of the molecule is Cc1[nH]nc(CN2CCC[C@H](CCC(=O)O)C2)c1Cl. The van der Waals surface area contributed by atoms with Gasteiger partial charge in [0.05, 0.1) is 16.4 Å². The first-order chi connectivity index (χ1) is 9.06. The minimum Gasteiger partial charge on any atom is -0.481 e. The van der Waals surface area contributed by atoms with Gasteiger partial charge in [-0.3, -0.25) is 14.8 Å². The summed E-state index contributed by atoms with van der Waals surface area (Å²) in [6, 6.07) is 0. The monoisotopic (exact) mass is 285 g/mol. The fraction of sp³-hybridized carbons (Fsp3) is 0.692. The van der Waals surface area contributed by atoms with Crippen LogP contribution in [0.2, 0.25) is 5.02 Å². The van der Waals surface area contributed by atoms with E-state index < -0.39 is 5.97 Å². The van der Waals surface area contributed by atoms with Gasteiger partial charge in [-0.15, -0.1) is 0 Å². The third kappa shape index (κ3) is 3.94. The number of piperidine rings is 1. The molecule has 6 heteroatoms. The Labute approximate surface area is 117 Å². The van der Waals surface area contributed by atoms with Crippen LogP contribution < -0.4 is 0 Å². The molecule has 0 aromatic carbocycles. The van der Waals surface area contributed by atoms with Crippen LogP contribution in [0, 0.1) is 12.8 Å². The number of hydrogen-bond donors (Lipinski definition) is 2. The summed E-state index contributed by atoms with van der Waals surface area (Å²) in [6.07, 6.45) is 3.27. The second kappa shape index (κ2) is 6.39. The maximum atomic E-state index is 10.6. The maximum absolute atomic E-state index is 10.6. The molecule has 1 aliphatic heterocycles. The molecule has 19 heavy (non-hydrogen) atoms. The lowest BCUT2D eigenvalue weighted by molar-refractivity contribution is -0.137. The van der Waals surface area contributed by atoms with E-state index in [-0.39, 0.29) is 6.42 Å². The lowest BCUT2D eigenvalue weighted by Crippen LogP contribution is -2.35. The van der Waals surface area contributed by atoms with Crippen LogP contribution in [0.25, 0.3) is 0 Å². The normalized spacial score (nSPS) is 20.6. The Morgan fingerprint density at radius 1 is 1.63 bits per heavy atom. The van der Waals surface area contributed by atoms with E-state index >= 15 is 0 Å². The zero-order valence-corrected chi connectivity index (χ0v) is 11.9. The van der Waals surface area contributed by atoms with Crippen molar-refractivity contribution in [2.45, 2.75) is 39.2 Å². The number of likely N-dealkylation sites (tertiary alicyclic amines) is 1. The molecule has 0 amide bonds. The molecule has 2 rings (SSSR count). The molecule has 5 nitrogen and oxygen atoms in total. The van der Waals surface area contributed by atoms with E-state index in [0.717, 1.165) is 50.3 Å². The molecule has 1 aromatic heterocycles. The number of rotatable bonds is 5. The first-order valence-corrected chi connectivity index (χ1v) is 7.07. The molecule has 1 aromatic rings. The zero-order valence-electron chi connectivity index (χ0n) is 11.2. The van der Waals surface area contributed by atoms with Crippen molar-refractivity contribution in [2.75, 3.05) is 13.1 Å². The number of carboxylic acid groups (broad SMARTS) is 1. The number of aliphatic carboxylic acids is 1. The van der Waals surface area contributed by atoms with Crippen LogP contribution >= 0.6 is 11.6 Å². The number of nitrogens with zero attached hydrogens (tertiary/aromatic N) is 2. The Balaban J connectivity index is 1.87. The van der Waals surface area contributed by atoms with Gasteiger partial charge in [0, 0.05) is 19.5 Å². The molecule has 1 atom stereocenters. The molecule has 0 aliphatic carbocycles. The number of aromatic nitrogens is 2. The summed E-state index contributed by atoms with van der Waals surface area (Å²) in [4.78, 5) is 12.9. The third-order valence-corrected chi connectivity index (χ3v) is 4.19. The molecule has 0 bridgehead atoms. The summed E-state index contributed by atoms with van der Waals surface area (Å²) in [5.74, 6) is -0.230. The van der Waals surface area contributed by atoms with Crippen molar-refractivity contribution in [2.24, 2.45) is 5.92 Å². The van der Waals surface area contributed by atoms with E-state index in [1.807, 2.05) is 6.92 Å². The lowest BCUT2D eigenvalue weighted by atomic mass is 9.93. The van der Waals surface area contributed by atoms with Gasteiger partial charge in [0.15, 0.2) is 0 Å². The molecule has 1 aliphatic rings. The average Bonchev–Trinajstić information content (AvgIpc) is 2.69. The van der Waals surface area contributed by atoms with Crippen molar-refractivity contribution >= 4 is 17.6 Å². The van der Waals surface area contributed by atoms with Gasteiger partial charge in [0.2, 0.25) is 0 Å². The fourth-order valence-electron chi connectivity index (χ4n) is 2.64. The minimum atomic E-state index is -0.705. The van der Waals surface area contributed by atoms with E-state index in [9.17, 15) is 4.79 Å². The summed E-state index contributed by atoms with van der Waals surface area (Å²) >= 11 is 6.17. The highest BCUT2D eigenvalue weighted by molar-refractivity contribution is 6.31. The summed E-state index contributed by atoms with van der Waals surface area (Å²) in [5, 5.41) is 16.6. The molecular weight excluding hydrogens is 266 g/mol. The Hall–Kier alpha value is -1.07. The number of nitrogens with one attached hydrogen (secondary N) is 1. The van der Waals surface area contributed by atoms with Gasteiger partial charge in [-0.25, -0.2) is 0 Å². The summed E-state index contributed by atoms with van der Waals surface area (Å²) < 4.78 is 0. The summed E-state index contributed by atoms with van der Waals surface area (Å²) in [7, 11) is 0. The number of hydrogen-bond acceptors (Lipinski definition) is 3. The molecule has 1 saturated heterocycles. The van der Waals surface area contributed by atoms with Crippen molar-refractivity contribution in [1.29, 1.82) is 0 Å². The van der Waals surface area contributed by atoms with Crippen molar-refractivity contribution in [1.82, 2.24) is 15.1 Å². The molecule has 0 radical (unpaired) electrons. The molecule has 0 saturated carbocycles. The third-order valence-electron chi connectivity index (χ3n) is 3.68. The largest absolute Gasteiger partial charge is 0.481 e. The Morgan fingerprint density at radius 3 is 3.05 bits per heavy atom. The highest BCUT2D eigenvalue weighted by Gasteiger charge is 2.22. The predicted octanol–water partition coefficient (Wildman–Crippen LogP) is 2.45. The Kier molecular flexibility index (Phi) is 4.82. The number of halogens is 1. The minimum absolute atomic E-state index is 0.265. The molecule has 106 valence electrons. The van der Waals surface area contributed by atoms with Gasteiger partial charge in [0.1, 0.15) is 0 Å². The fourth-order valence-corrected chi connectivity index (χ4v) is 2.78. The van der Waals surface area contributed by atoms with Gasteiger partial charge in [-0.1, -0.05) is 11.6 Å². The van der Waals surface area contributed by atoms with E-state index in [2.05, 4.69) is 15.1 Å². The number of carboxylic acids is 1. The number of H-pyrrole nitrogens is 1. The van der Waals surface area contributed by atoms with Crippen LogP contribution in [0.3, 0.4) is 0 Å². The topological polar surface area (TPSA) is 69.2 Å². The van der Waals surface area contributed by atoms with E-state index in [0.29, 0.717) is 10.9 Å². The maximum Gasteiger partial charge on any atom is 0.303 e. The smallest absolute Gasteiger partial charge is 0.303 e. The molecule has 2 N–H and O–H groups in total. The van der Waals surface area contributed by atoms with Crippen LogP contribution in [-0.2, 0) is 11.3 Å². The van der Waals surface area contributed by atoms with Gasteiger partial charge in [-0.05, 0) is 38.6 Å². The second-order valence-corrected chi connectivity index (χ2v) is 5.66. The molecule has 0 spiro atoms. The van der Waals surface area contributed by atoms with Crippen molar-refractivity contribution < 1.29 is 9.90 Å². The molecule has 2 heterocycles. The lowest BCUT2D eigenvalue weighted by Gasteiger charge is -2.32. The van der Waals surface area contributed by atoms with Crippen molar-refractivity contribution in [3.8, 4) is 0 Å². The van der Waals surface area contributed by atoms with Gasteiger partial charge in [0.25, 0.3) is 0 Å². The predicted molar refractivity (Wildman–Crippen MR) is 73.2 cm³/mol. The van der Waals surface area contributed by atoms with Crippen molar-refractivity contribution in [3.63, 3.8) is 0 Å². The Bertz CT molecular complexity index is 447. The highest BCUT2D eigenvalue weighted by atomic mass is 35.5. The van der Waals surface area contributed by atoms with Crippen LogP contribution in [0.5, 0.6) is 0 Å². The van der Waals surface area contributed by atoms with Crippen LogP contribution in [0.15, 0.2) is 0 Å². The van der Waals surface area contributed by atoms with Crippen molar-refractivity contribution in [3.05, 3.63) is 16.4 Å². The Morgan fingerprint density at radius 2 is 2.42 bits per heavy atom. The quantitative estimate of drug-likeness (QED) is 0.872. The number of carbonyl (C=O) groups is 1.